The predicted octanol–water partition coefficient (Wildman–Crippen LogP) is 5.40. The average molecular weight is 311 g/mol. The molecule has 2 aromatic rings. The largest absolute Gasteiger partial charge is 0.380 e. The molecule has 0 radical (unpaired) electrons. The van der Waals surface area contributed by atoms with Crippen LogP contribution in [0.2, 0.25) is 5.02 Å². The van der Waals surface area contributed by atoms with Crippen LogP contribution < -0.4 is 5.73 Å². The third-order valence-corrected chi connectivity index (χ3v) is 4.03. The average Bonchev–Trinajstić information content (AvgIpc) is 2.82. The first-order chi connectivity index (χ1) is 10.1. The number of anilines is 1. The van der Waals surface area contributed by atoms with Gasteiger partial charge in [-0.3, -0.25) is 0 Å². The number of hydrogen-bond acceptors (Lipinski definition) is 3. The molecule has 1 aromatic heterocycles. The lowest BCUT2D eigenvalue weighted by atomic mass is 9.91. The van der Waals surface area contributed by atoms with Crippen molar-refractivity contribution in [2.24, 2.45) is 0 Å². The maximum atomic E-state index is 13.2. The fraction of sp³-hybridized carbons (Fsp3) is 0.438. The third-order valence-electron chi connectivity index (χ3n) is 3.72. The maximum absolute atomic E-state index is 13.2. The first-order valence-corrected chi connectivity index (χ1v) is 7.66. The van der Waals surface area contributed by atoms with Crippen LogP contribution in [-0.2, 0) is 0 Å². The number of aromatic nitrogens is 1. The van der Waals surface area contributed by atoms with E-state index in [1.54, 1.807) is 6.07 Å². The van der Waals surface area contributed by atoms with Gasteiger partial charge in [-0.15, -0.1) is 0 Å². The van der Waals surface area contributed by atoms with Crippen LogP contribution in [0.15, 0.2) is 22.7 Å². The molecule has 1 atom stereocenters. The molecule has 5 heteroatoms. The predicted molar refractivity (Wildman–Crippen MR) is 83.9 cm³/mol. The molecule has 1 unspecified atom stereocenters. The Balaban J connectivity index is 2.46. The van der Waals surface area contributed by atoms with Gasteiger partial charge in [0.1, 0.15) is 11.6 Å². The van der Waals surface area contributed by atoms with Crippen molar-refractivity contribution in [3.05, 3.63) is 34.8 Å². The van der Waals surface area contributed by atoms with Crippen LogP contribution in [0, 0.1) is 5.82 Å². The molecule has 0 fully saturated rings. The molecule has 1 heterocycles. The monoisotopic (exact) mass is 310 g/mol. The number of benzene rings is 1. The smallest absolute Gasteiger partial charge is 0.175 e. The fourth-order valence-corrected chi connectivity index (χ4v) is 2.79. The summed E-state index contributed by atoms with van der Waals surface area (Å²) in [5, 5.41) is 4.20. The lowest BCUT2D eigenvalue weighted by Crippen LogP contribution is -1.99. The second-order valence-corrected chi connectivity index (χ2v) is 5.59. The SMILES string of the molecule is CCCCC(CC)c1onc(N)c1-c1ccc(F)cc1Cl. The summed E-state index contributed by atoms with van der Waals surface area (Å²) in [7, 11) is 0. The van der Waals surface area contributed by atoms with E-state index in [0.29, 0.717) is 22.0 Å². The van der Waals surface area contributed by atoms with Gasteiger partial charge in [0, 0.05) is 11.5 Å². The Bertz CT molecular complexity index is 612. The zero-order valence-corrected chi connectivity index (χ0v) is 13.1. The molecule has 114 valence electrons. The van der Waals surface area contributed by atoms with Crippen molar-refractivity contribution in [1.29, 1.82) is 0 Å². The van der Waals surface area contributed by atoms with Gasteiger partial charge in [-0.1, -0.05) is 43.4 Å². The number of hydrogen-bond donors (Lipinski definition) is 1. The van der Waals surface area contributed by atoms with Crippen LogP contribution in [0.5, 0.6) is 0 Å². The quantitative estimate of drug-likeness (QED) is 0.777. The molecular formula is C16H20ClFN2O. The number of rotatable bonds is 6. The summed E-state index contributed by atoms with van der Waals surface area (Å²) in [6.07, 6.45) is 4.16. The summed E-state index contributed by atoms with van der Waals surface area (Å²) >= 11 is 6.15. The number of unbranched alkanes of at least 4 members (excludes halogenated alkanes) is 1. The van der Waals surface area contributed by atoms with E-state index in [9.17, 15) is 4.39 Å². The normalized spacial score (nSPS) is 12.6. The van der Waals surface area contributed by atoms with Crippen molar-refractivity contribution >= 4 is 17.4 Å². The highest BCUT2D eigenvalue weighted by Gasteiger charge is 2.24. The van der Waals surface area contributed by atoms with E-state index >= 15 is 0 Å². The van der Waals surface area contributed by atoms with Gasteiger partial charge in [0.25, 0.3) is 0 Å². The number of nitrogens with zero attached hydrogens (tertiary/aromatic N) is 1. The molecule has 0 aliphatic heterocycles. The van der Waals surface area contributed by atoms with Gasteiger partial charge in [-0.2, -0.15) is 0 Å². The number of halogens is 2. The molecule has 0 amide bonds. The molecule has 0 aliphatic rings. The molecule has 3 nitrogen and oxygen atoms in total. The highest BCUT2D eigenvalue weighted by molar-refractivity contribution is 6.33. The van der Waals surface area contributed by atoms with Crippen molar-refractivity contribution in [3.8, 4) is 11.1 Å². The maximum Gasteiger partial charge on any atom is 0.175 e. The molecule has 0 saturated heterocycles. The van der Waals surface area contributed by atoms with Gasteiger partial charge < -0.3 is 10.3 Å². The fourth-order valence-electron chi connectivity index (χ4n) is 2.53. The minimum absolute atomic E-state index is 0.242. The number of nitrogens with two attached hydrogens (primary N) is 1. The zero-order valence-electron chi connectivity index (χ0n) is 12.3. The first kappa shape index (κ1) is 15.8. The Labute approximate surface area is 129 Å². The van der Waals surface area contributed by atoms with Crippen LogP contribution in [-0.4, -0.2) is 5.16 Å². The Hall–Kier alpha value is -1.55. The molecule has 0 spiro atoms. The van der Waals surface area contributed by atoms with Crippen LogP contribution >= 0.6 is 11.6 Å². The van der Waals surface area contributed by atoms with E-state index < -0.39 is 0 Å². The molecule has 0 saturated carbocycles. The Morgan fingerprint density at radius 2 is 2.14 bits per heavy atom. The van der Waals surface area contributed by atoms with Gasteiger partial charge >= 0.3 is 0 Å². The molecule has 1 aromatic carbocycles. The summed E-state index contributed by atoms with van der Waals surface area (Å²) in [6.45, 7) is 4.26. The van der Waals surface area contributed by atoms with Crippen molar-refractivity contribution in [1.82, 2.24) is 5.16 Å². The van der Waals surface area contributed by atoms with E-state index in [4.69, 9.17) is 21.9 Å². The second kappa shape index (κ2) is 6.94. The standard InChI is InChI=1S/C16H20ClFN2O/c1-3-5-6-10(4-2)15-14(16(19)20-21-15)12-8-7-11(18)9-13(12)17/h7-10H,3-6H2,1-2H3,(H2,19,20). The Kier molecular flexibility index (Phi) is 5.23. The molecular weight excluding hydrogens is 291 g/mol. The van der Waals surface area contributed by atoms with Crippen molar-refractivity contribution < 1.29 is 8.91 Å². The van der Waals surface area contributed by atoms with E-state index in [2.05, 4.69) is 19.0 Å². The van der Waals surface area contributed by atoms with Crippen molar-refractivity contribution in [2.45, 2.75) is 45.4 Å². The van der Waals surface area contributed by atoms with Crippen LogP contribution in [0.4, 0.5) is 10.2 Å². The second-order valence-electron chi connectivity index (χ2n) is 5.18. The Morgan fingerprint density at radius 3 is 2.76 bits per heavy atom. The topological polar surface area (TPSA) is 52.0 Å². The minimum atomic E-state index is -0.377. The van der Waals surface area contributed by atoms with Crippen molar-refractivity contribution in [3.63, 3.8) is 0 Å². The van der Waals surface area contributed by atoms with Gasteiger partial charge in [-0.25, -0.2) is 4.39 Å². The van der Waals surface area contributed by atoms with Crippen LogP contribution in [0.25, 0.3) is 11.1 Å². The van der Waals surface area contributed by atoms with Crippen molar-refractivity contribution in [2.75, 3.05) is 5.73 Å². The summed E-state index contributed by atoms with van der Waals surface area (Å²) in [6, 6.07) is 4.27. The molecule has 2 rings (SSSR count). The molecule has 0 bridgehead atoms. The van der Waals surface area contributed by atoms with E-state index in [1.165, 1.54) is 12.1 Å². The Morgan fingerprint density at radius 1 is 1.38 bits per heavy atom. The van der Waals surface area contributed by atoms with Gasteiger partial charge in [0.15, 0.2) is 5.82 Å². The zero-order chi connectivity index (χ0) is 15.4. The first-order valence-electron chi connectivity index (χ1n) is 7.28. The summed E-state index contributed by atoms with van der Waals surface area (Å²) in [4.78, 5) is 0. The summed E-state index contributed by atoms with van der Waals surface area (Å²) in [5.74, 6) is 0.912. The van der Waals surface area contributed by atoms with E-state index in [0.717, 1.165) is 31.4 Å². The molecule has 2 N–H and O–H groups in total. The lowest BCUT2D eigenvalue weighted by molar-refractivity contribution is 0.349. The van der Waals surface area contributed by atoms with E-state index in [-0.39, 0.29) is 11.7 Å². The molecule has 21 heavy (non-hydrogen) atoms. The molecule has 0 aliphatic carbocycles. The number of nitrogen functional groups attached to an aromatic ring is 1. The highest BCUT2D eigenvalue weighted by Crippen LogP contribution is 2.40. The summed E-state index contributed by atoms with van der Waals surface area (Å²) in [5.41, 5.74) is 7.31. The lowest BCUT2D eigenvalue weighted by Gasteiger charge is -2.13. The van der Waals surface area contributed by atoms with Gasteiger partial charge in [0.05, 0.1) is 10.6 Å². The third kappa shape index (κ3) is 3.38. The van der Waals surface area contributed by atoms with Gasteiger partial charge in [-0.05, 0) is 31.0 Å². The van der Waals surface area contributed by atoms with Gasteiger partial charge in [0.2, 0.25) is 0 Å². The minimum Gasteiger partial charge on any atom is -0.380 e. The summed E-state index contributed by atoms with van der Waals surface area (Å²) < 4.78 is 18.7. The highest BCUT2D eigenvalue weighted by atomic mass is 35.5. The van der Waals surface area contributed by atoms with Crippen LogP contribution in [0.3, 0.4) is 0 Å². The van der Waals surface area contributed by atoms with Crippen LogP contribution in [0.1, 0.15) is 51.2 Å². The van der Waals surface area contributed by atoms with E-state index in [1.807, 2.05) is 0 Å².